The number of nitrogens with zero attached hydrogens (tertiary/aromatic N) is 1. The fraction of sp³-hybridized carbons (Fsp3) is 0.364. The van der Waals surface area contributed by atoms with Gasteiger partial charge in [0.1, 0.15) is 0 Å². The Balaban J connectivity index is 2.35. The highest BCUT2D eigenvalue weighted by atomic mass is 79.9. The Morgan fingerprint density at radius 3 is 2.71 bits per heavy atom. The maximum absolute atomic E-state index is 11.9. The second-order valence-corrected chi connectivity index (χ2v) is 6.01. The van der Waals surface area contributed by atoms with Crippen molar-refractivity contribution in [1.82, 2.24) is 0 Å². The van der Waals surface area contributed by atoms with Gasteiger partial charge in [0.15, 0.2) is 0 Å². The fourth-order valence-corrected chi connectivity index (χ4v) is 3.00. The van der Waals surface area contributed by atoms with Crippen molar-refractivity contribution in [3.63, 3.8) is 0 Å². The Hall–Kier alpha value is 0.1000. The topological polar surface area (TPSA) is 20.3 Å². The number of benzene rings is 1. The van der Waals surface area contributed by atoms with Gasteiger partial charge in [-0.1, -0.05) is 23.2 Å². The summed E-state index contributed by atoms with van der Waals surface area (Å²) in [6.45, 7) is 0.653. The molecule has 0 aromatic heterocycles. The first kappa shape index (κ1) is 13.5. The number of thiol groups is 1. The van der Waals surface area contributed by atoms with Gasteiger partial charge in [0.05, 0.1) is 15.7 Å². The molecule has 1 saturated heterocycles. The number of amides is 1. The average Bonchev–Trinajstić information content (AvgIpc) is 2.65. The maximum atomic E-state index is 11.9. The molecule has 0 aliphatic carbocycles. The van der Waals surface area contributed by atoms with Crippen molar-refractivity contribution < 1.29 is 4.79 Å². The van der Waals surface area contributed by atoms with E-state index in [1.54, 1.807) is 17.0 Å². The zero-order chi connectivity index (χ0) is 12.6. The monoisotopic (exact) mass is 353 g/mol. The van der Waals surface area contributed by atoms with E-state index in [0.29, 0.717) is 34.5 Å². The lowest BCUT2D eigenvalue weighted by molar-refractivity contribution is -0.117. The fourth-order valence-electron chi connectivity index (χ4n) is 1.86. The molecule has 0 saturated carbocycles. The third-order valence-corrected chi connectivity index (χ3v) is 4.76. The summed E-state index contributed by atoms with van der Waals surface area (Å²) in [6, 6.07) is 3.42. The Bertz CT molecular complexity index is 469. The molecule has 17 heavy (non-hydrogen) atoms. The van der Waals surface area contributed by atoms with E-state index >= 15 is 0 Å². The first-order valence-electron chi connectivity index (χ1n) is 5.08. The molecular formula is C11H10BrCl2NOS. The van der Waals surface area contributed by atoms with Gasteiger partial charge in [0.25, 0.3) is 0 Å². The van der Waals surface area contributed by atoms with Crippen molar-refractivity contribution in [3.05, 3.63) is 26.7 Å². The number of halogens is 3. The summed E-state index contributed by atoms with van der Waals surface area (Å²) in [5.41, 5.74) is 0.675. The van der Waals surface area contributed by atoms with Gasteiger partial charge >= 0.3 is 0 Å². The van der Waals surface area contributed by atoms with Crippen molar-refractivity contribution in [2.75, 3.05) is 17.2 Å². The number of anilines is 1. The molecule has 2 rings (SSSR count). The van der Waals surface area contributed by atoms with E-state index in [0.717, 1.165) is 4.47 Å². The first-order valence-corrected chi connectivity index (χ1v) is 7.27. The Morgan fingerprint density at radius 2 is 2.12 bits per heavy atom. The van der Waals surface area contributed by atoms with E-state index in [1.165, 1.54) is 0 Å². The van der Waals surface area contributed by atoms with E-state index in [1.807, 2.05) is 0 Å². The average molecular weight is 355 g/mol. The van der Waals surface area contributed by atoms with E-state index in [-0.39, 0.29) is 11.8 Å². The summed E-state index contributed by atoms with van der Waals surface area (Å²) in [5, 5.41) is 1.07. The van der Waals surface area contributed by atoms with Gasteiger partial charge in [-0.3, -0.25) is 4.79 Å². The van der Waals surface area contributed by atoms with Gasteiger partial charge in [-0.2, -0.15) is 12.6 Å². The maximum Gasteiger partial charge on any atom is 0.227 e. The van der Waals surface area contributed by atoms with Crippen molar-refractivity contribution >= 4 is 63.4 Å². The third-order valence-electron chi connectivity index (χ3n) is 2.74. The second-order valence-electron chi connectivity index (χ2n) is 3.97. The number of rotatable bonds is 2. The number of hydrogen-bond donors (Lipinski definition) is 1. The van der Waals surface area contributed by atoms with Gasteiger partial charge < -0.3 is 4.90 Å². The minimum absolute atomic E-state index is 0.0735. The highest BCUT2D eigenvalue weighted by Crippen LogP contribution is 2.37. The van der Waals surface area contributed by atoms with Crippen LogP contribution in [0.1, 0.15) is 6.42 Å². The highest BCUT2D eigenvalue weighted by Gasteiger charge is 2.31. The van der Waals surface area contributed by atoms with Crippen LogP contribution in [0.2, 0.25) is 10.0 Å². The molecule has 1 atom stereocenters. The summed E-state index contributed by atoms with van der Waals surface area (Å²) < 4.78 is 0.727. The van der Waals surface area contributed by atoms with E-state index in [2.05, 4.69) is 28.6 Å². The molecule has 1 aliphatic rings. The molecule has 0 radical (unpaired) electrons. The van der Waals surface area contributed by atoms with E-state index < -0.39 is 0 Å². The van der Waals surface area contributed by atoms with Crippen LogP contribution < -0.4 is 4.90 Å². The number of carbonyl (C=O) groups excluding carboxylic acids is 1. The zero-order valence-corrected chi connectivity index (χ0v) is 12.8. The molecule has 1 aliphatic heterocycles. The standard InChI is InChI=1S/C11H10BrCl2NOS/c12-7-2-9(14)10(3-8(7)13)15-4-6(5-17)1-11(15)16/h2-3,6,17H,1,4-5H2. The quantitative estimate of drug-likeness (QED) is 0.627. The molecule has 6 heteroatoms. The van der Waals surface area contributed by atoms with Crippen molar-refractivity contribution in [3.8, 4) is 0 Å². The van der Waals surface area contributed by atoms with Crippen LogP contribution in [0, 0.1) is 5.92 Å². The van der Waals surface area contributed by atoms with Gasteiger partial charge in [-0.15, -0.1) is 0 Å². The Morgan fingerprint density at radius 1 is 1.41 bits per heavy atom. The Kier molecular flexibility index (Phi) is 4.29. The molecule has 1 amide bonds. The van der Waals surface area contributed by atoms with Gasteiger partial charge in [0.2, 0.25) is 5.91 Å². The predicted molar refractivity (Wildman–Crippen MR) is 78.5 cm³/mol. The molecule has 0 spiro atoms. The molecule has 1 unspecified atom stereocenters. The zero-order valence-electron chi connectivity index (χ0n) is 8.79. The van der Waals surface area contributed by atoms with Crippen LogP contribution in [0.3, 0.4) is 0 Å². The highest BCUT2D eigenvalue weighted by molar-refractivity contribution is 9.10. The lowest BCUT2D eigenvalue weighted by Crippen LogP contribution is -2.25. The van der Waals surface area contributed by atoms with Gasteiger partial charge in [0, 0.05) is 17.4 Å². The molecule has 92 valence electrons. The molecule has 0 bridgehead atoms. The lowest BCUT2D eigenvalue weighted by Gasteiger charge is -2.18. The third kappa shape index (κ3) is 2.75. The van der Waals surface area contributed by atoms with Crippen LogP contribution in [-0.2, 0) is 4.79 Å². The lowest BCUT2D eigenvalue weighted by atomic mass is 10.1. The normalized spacial score (nSPS) is 20.1. The Labute approximate surface area is 124 Å². The van der Waals surface area contributed by atoms with Gasteiger partial charge in [-0.05, 0) is 39.7 Å². The van der Waals surface area contributed by atoms with Crippen LogP contribution in [0.15, 0.2) is 16.6 Å². The summed E-state index contributed by atoms with van der Waals surface area (Å²) in [5.74, 6) is 1.05. The van der Waals surface area contributed by atoms with Gasteiger partial charge in [-0.25, -0.2) is 0 Å². The molecule has 1 aromatic rings. The summed E-state index contributed by atoms with van der Waals surface area (Å²) in [7, 11) is 0. The minimum Gasteiger partial charge on any atom is -0.311 e. The minimum atomic E-state index is 0.0735. The molecule has 1 fully saturated rings. The van der Waals surface area contributed by atoms with Crippen LogP contribution in [0.25, 0.3) is 0 Å². The molecule has 1 aromatic carbocycles. The van der Waals surface area contributed by atoms with E-state index in [4.69, 9.17) is 23.2 Å². The molecule has 1 heterocycles. The first-order chi connectivity index (χ1) is 8.02. The summed E-state index contributed by atoms with van der Waals surface area (Å²) in [6.07, 6.45) is 0.521. The SMILES string of the molecule is O=C1CC(CS)CN1c1cc(Cl)c(Br)cc1Cl. The van der Waals surface area contributed by atoms with Crippen molar-refractivity contribution in [2.45, 2.75) is 6.42 Å². The van der Waals surface area contributed by atoms with Crippen LogP contribution in [0.5, 0.6) is 0 Å². The summed E-state index contributed by atoms with van der Waals surface area (Å²) in [4.78, 5) is 13.6. The van der Waals surface area contributed by atoms with Crippen molar-refractivity contribution in [1.29, 1.82) is 0 Å². The predicted octanol–water partition coefficient (Wildman–Crippen LogP) is 4.04. The molecule has 0 N–H and O–H groups in total. The molecule has 2 nitrogen and oxygen atoms in total. The second kappa shape index (κ2) is 5.39. The molecular weight excluding hydrogens is 345 g/mol. The smallest absolute Gasteiger partial charge is 0.227 e. The number of hydrogen-bond acceptors (Lipinski definition) is 2. The van der Waals surface area contributed by atoms with Crippen LogP contribution in [0.4, 0.5) is 5.69 Å². The van der Waals surface area contributed by atoms with E-state index in [9.17, 15) is 4.79 Å². The largest absolute Gasteiger partial charge is 0.311 e. The van der Waals surface area contributed by atoms with Crippen LogP contribution in [-0.4, -0.2) is 18.2 Å². The number of carbonyl (C=O) groups is 1. The van der Waals surface area contributed by atoms with Crippen LogP contribution >= 0.6 is 51.8 Å². The summed E-state index contributed by atoms with van der Waals surface area (Å²) >= 11 is 19.7. The van der Waals surface area contributed by atoms with Crippen molar-refractivity contribution in [2.24, 2.45) is 5.92 Å².